The van der Waals surface area contributed by atoms with Crippen LogP contribution in [0.2, 0.25) is 5.02 Å². The Labute approximate surface area is 133 Å². The molecule has 0 aliphatic heterocycles. The van der Waals surface area contributed by atoms with Gasteiger partial charge in [-0.2, -0.15) is 0 Å². The number of para-hydroxylation sites is 2. The Bertz CT molecular complexity index is 753. The van der Waals surface area contributed by atoms with Gasteiger partial charge in [0, 0.05) is 11.4 Å². The Morgan fingerprint density at radius 1 is 1.09 bits per heavy atom. The highest BCUT2D eigenvalue weighted by molar-refractivity contribution is 6.30. The second-order valence-corrected chi connectivity index (χ2v) is 5.38. The van der Waals surface area contributed by atoms with Crippen LogP contribution in [0.4, 0.5) is 0 Å². The minimum absolute atomic E-state index is 0.0847. The summed E-state index contributed by atoms with van der Waals surface area (Å²) in [4.78, 5) is 4.57. The first-order valence-electron chi connectivity index (χ1n) is 7.21. The third-order valence-electron chi connectivity index (χ3n) is 3.47. The molecule has 0 aliphatic carbocycles. The van der Waals surface area contributed by atoms with Crippen LogP contribution in [0.5, 0.6) is 5.75 Å². The quantitative estimate of drug-likeness (QED) is 0.759. The van der Waals surface area contributed by atoms with Crippen molar-refractivity contribution in [2.24, 2.45) is 0 Å². The van der Waals surface area contributed by atoms with Gasteiger partial charge in [0.25, 0.3) is 0 Å². The third kappa shape index (κ3) is 3.24. The van der Waals surface area contributed by atoms with Crippen molar-refractivity contribution >= 4 is 22.6 Å². The van der Waals surface area contributed by atoms with E-state index in [4.69, 9.17) is 16.3 Å². The molecule has 0 saturated heterocycles. The number of ether oxygens (including phenoxy) is 1. The predicted molar refractivity (Wildman–Crippen MR) is 87.5 cm³/mol. The second-order valence-electron chi connectivity index (χ2n) is 4.94. The fourth-order valence-electron chi connectivity index (χ4n) is 2.45. The lowest BCUT2D eigenvalue weighted by atomic mass is 10.3. The molecule has 0 amide bonds. The molecule has 0 unspecified atom stereocenters. The maximum atomic E-state index is 9.20. The number of aromatic nitrogens is 2. The highest BCUT2D eigenvalue weighted by Gasteiger charge is 2.09. The van der Waals surface area contributed by atoms with Gasteiger partial charge in [0.05, 0.1) is 24.2 Å². The first-order valence-corrected chi connectivity index (χ1v) is 7.59. The van der Waals surface area contributed by atoms with Crippen LogP contribution in [0.1, 0.15) is 5.82 Å². The van der Waals surface area contributed by atoms with Crippen LogP contribution in [-0.2, 0) is 13.0 Å². The van der Waals surface area contributed by atoms with Gasteiger partial charge in [0.2, 0.25) is 0 Å². The molecule has 0 aliphatic rings. The first-order chi connectivity index (χ1) is 10.8. The number of hydrogen-bond donors (Lipinski definition) is 1. The lowest BCUT2D eigenvalue weighted by Crippen LogP contribution is -2.12. The van der Waals surface area contributed by atoms with Crippen LogP contribution in [0.25, 0.3) is 11.0 Å². The lowest BCUT2D eigenvalue weighted by Gasteiger charge is -2.10. The number of rotatable bonds is 6. The number of aliphatic hydroxyl groups excluding tert-OH is 1. The second kappa shape index (κ2) is 6.81. The Hall–Kier alpha value is -2.04. The van der Waals surface area contributed by atoms with Gasteiger partial charge in [0.15, 0.2) is 0 Å². The smallest absolute Gasteiger partial charge is 0.119 e. The molecule has 114 valence electrons. The summed E-state index contributed by atoms with van der Waals surface area (Å²) in [5, 5.41) is 9.89. The van der Waals surface area contributed by atoms with E-state index >= 15 is 0 Å². The average Bonchev–Trinajstić information content (AvgIpc) is 2.88. The van der Waals surface area contributed by atoms with Gasteiger partial charge in [-0.3, -0.25) is 0 Å². The third-order valence-corrected chi connectivity index (χ3v) is 3.72. The van der Waals surface area contributed by atoms with Crippen molar-refractivity contribution in [1.29, 1.82) is 0 Å². The van der Waals surface area contributed by atoms with Crippen LogP contribution in [0.15, 0.2) is 48.5 Å². The normalized spacial score (nSPS) is 11.0. The fourth-order valence-corrected chi connectivity index (χ4v) is 2.58. The summed E-state index contributed by atoms with van der Waals surface area (Å²) in [6, 6.07) is 15.3. The van der Waals surface area contributed by atoms with E-state index in [9.17, 15) is 5.11 Å². The molecular weight excluding hydrogens is 300 g/mol. The number of hydrogen-bond acceptors (Lipinski definition) is 3. The van der Waals surface area contributed by atoms with Gasteiger partial charge in [-0.15, -0.1) is 0 Å². The monoisotopic (exact) mass is 316 g/mol. The van der Waals surface area contributed by atoms with Crippen molar-refractivity contribution in [3.8, 4) is 5.75 Å². The number of benzene rings is 2. The molecule has 22 heavy (non-hydrogen) atoms. The first kappa shape index (κ1) is 14.9. The summed E-state index contributed by atoms with van der Waals surface area (Å²) in [6.07, 6.45) is 0.537. The van der Waals surface area contributed by atoms with Crippen LogP contribution in [0, 0.1) is 0 Å². The van der Waals surface area contributed by atoms with Gasteiger partial charge >= 0.3 is 0 Å². The van der Waals surface area contributed by atoms with E-state index in [0.29, 0.717) is 24.6 Å². The number of halogens is 1. The van der Waals surface area contributed by atoms with E-state index in [1.165, 1.54) is 0 Å². The zero-order chi connectivity index (χ0) is 15.4. The van der Waals surface area contributed by atoms with Gasteiger partial charge in [-0.25, -0.2) is 4.98 Å². The molecule has 0 atom stereocenters. The number of aliphatic hydroxyl groups is 1. The van der Waals surface area contributed by atoms with E-state index < -0.39 is 0 Å². The zero-order valence-electron chi connectivity index (χ0n) is 12.1. The van der Waals surface area contributed by atoms with Gasteiger partial charge < -0.3 is 14.4 Å². The minimum Gasteiger partial charge on any atom is -0.492 e. The summed E-state index contributed by atoms with van der Waals surface area (Å²) in [6.45, 7) is 1.29. The van der Waals surface area contributed by atoms with E-state index in [2.05, 4.69) is 9.55 Å². The van der Waals surface area contributed by atoms with Crippen LogP contribution in [0.3, 0.4) is 0 Å². The SMILES string of the molecule is OCCc1nc2ccccc2n1CCOc1ccc(Cl)cc1. The molecule has 1 heterocycles. The van der Waals surface area contributed by atoms with Crippen molar-refractivity contribution in [3.63, 3.8) is 0 Å². The molecule has 0 saturated carbocycles. The van der Waals surface area contributed by atoms with E-state index in [1.54, 1.807) is 12.1 Å². The Morgan fingerprint density at radius 2 is 1.86 bits per heavy atom. The molecule has 0 fully saturated rings. The molecular formula is C17H17ClN2O2. The van der Waals surface area contributed by atoms with E-state index in [0.717, 1.165) is 22.6 Å². The number of imidazole rings is 1. The molecule has 3 rings (SSSR count). The minimum atomic E-state index is 0.0847. The highest BCUT2D eigenvalue weighted by Crippen LogP contribution is 2.18. The highest BCUT2D eigenvalue weighted by atomic mass is 35.5. The van der Waals surface area contributed by atoms with Gasteiger partial charge in [-0.05, 0) is 36.4 Å². The summed E-state index contributed by atoms with van der Waals surface area (Å²) in [5.74, 6) is 1.67. The predicted octanol–water partition coefficient (Wildman–Crippen LogP) is 3.30. The lowest BCUT2D eigenvalue weighted by molar-refractivity contribution is 0.283. The zero-order valence-corrected chi connectivity index (χ0v) is 12.8. The number of fused-ring (bicyclic) bond motifs is 1. The van der Waals surface area contributed by atoms with Crippen molar-refractivity contribution in [2.45, 2.75) is 13.0 Å². The summed E-state index contributed by atoms with van der Waals surface area (Å²) < 4.78 is 7.85. The Balaban J connectivity index is 1.74. The molecule has 0 spiro atoms. The van der Waals surface area contributed by atoms with Crippen LogP contribution in [-0.4, -0.2) is 27.9 Å². The number of nitrogens with zero attached hydrogens (tertiary/aromatic N) is 2. The molecule has 2 aromatic carbocycles. The Morgan fingerprint density at radius 3 is 2.64 bits per heavy atom. The van der Waals surface area contributed by atoms with Gasteiger partial charge in [0.1, 0.15) is 18.2 Å². The topological polar surface area (TPSA) is 47.3 Å². The summed E-state index contributed by atoms with van der Waals surface area (Å²) >= 11 is 5.86. The average molecular weight is 317 g/mol. The molecule has 1 aromatic heterocycles. The maximum absolute atomic E-state index is 9.20. The van der Waals surface area contributed by atoms with E-state index in [-0.39, 0.29) is 6.61 Å². The maximum Gasteiger partial charge on any atom is 0.119 e. The molecule has 0 radical (unpaired) electrons. The Kier molecular flexibility index (Phi) is 4.61. The summed E-state index contributed by atoms with van der Waals surface area (Å²) in [7, 11) is 0. The molecule has 0 bridgehead atoms. The molecule has 3 aromatic rings. The van der Waals surface area contributed by atoms with Crippen LogP contribution >= 0.6 is 11.6 Å². The van der Waals surface area contributed by atoms with Crippen molar-refractivity contribution in [3.05, 3.63) is 59.4 Å². The largest absolute Gasteiger partial charge is 0.492 e. The van der Waals surface area contributed by atoms with Crippen LogP contribution < -0.4 is 4.74 Å². The van der Waals surface area contributed by atoms with Crippen molar-refractivity contribution in [1.82, 2.24) is 9.55 Å². The van der Waals surface area contributed by atoms with Crippen molar-refractivity contribution < 1.29 is 9.84 Å². The molecule has 4 nitrogen and oxygen atoms in total. The fraction of sp³-hybridized carbons (Fsp3) is 0.235. The van der Waals surface area contributed by atoms with Crippen molar-refractivity contribution in [2.75, 3.05) is 13.2 Å². The molecule has 1 N–H and O–H groups in total. The summed E-state index contributed by atoms with van der Waals surface area (Å²) in [5.41, 5.74) is 2.00. The standard InChI is InChI=1S/C17H17ClN2O2/c18-13-5-7-14(8-6-13)22-12-10-20-16-4-2-1-3-15(16)19-17(20)9-11-21/h1-8,21H,9-12H2. The van der Waals surface area contributed by atoms with Gasteiger partial charge in [-0.1, -0.05) is 23.7 Å². The molecule has 5 heteroatoms. The van der Waals surface area contributed by atoms with E-state index in [1.807, 2.05) is 36.4 Å².